The third-order valence-electron chi connectivity index (χ3n) is 3.75. The van der Waals surface area contributed by atoms with E-state index < -0.39 is 0 Å². The van der Waals surface area contributed by atoms with Crippen LogP contribution in [0.4, 0.5) is 0 Å². The number of rotatable bonds is 6. The highest BCUT2D eigenvalue weighted by molar-refractivity contribution is 7.17. The fraction of sp³-hybridized carbons (Fsp3) is 0.278. The number of nitrogens with one attached hydrogen (secondary N) is 1. The van der Waals surface area contributed by atoms with Gasteiger partial charge < -0.3 is 9.88 Å². The Labute approximate surface area is 134 Å². The van der Waals surface area contributed by atoms with Crippen molar-refractivity contribution in [2.24, 2.45) is 0 Å². The zero-order chi connectivity index (χ0) is 15.4. The topological polar surface area (TPSA) is 34.0 Å². The molecule has 0 unspecified atom stereocenters. The van der Waals surface area contributed by atoms with Gasteiger partial charge in [-0.1, -0.05) is 43.7 Å². The molecule has 0 aliphatic heterocycles. The number of carbonyl (C=O) groups excluding carboxylic acids is 1. The molecule has 1 N–H and O–H groups in total. The molecule has 1 aromatic carbocycles. The summed E-state index contributed by atoms with van der Waals surface area (Å²) in [6, 6.07) is 14.4. The third-order valence-corrected chi connectivity index (χ3v) is 4.61. The molecule has 2 heterocycles. The molecule has 4 heteroatoms. The van der Waals surface area contributed by atoms with Gasteiger partial charge >= 0.3 is 0 Å². The lowest BCUT2D eigenvalue weighted by atomic mass is 10.2. The van der Waals surface area contributed by atoms with Crippen LogP contribution >= 0.6 is 11.3 Å². The van der Waals surface area contributed by atoms with E-state index in [0.29, 0.717) is 0 Å². The van der Waals surface area contributed by atoms with Crippen LogP contribution in [0, 0.1) is 0 Å². The summed E-state index contributed by atoms with van der Waals surface area (Å²) in [6.07, 6.45) is 2.10. The Morgan fingerprint density at radius 2 is 2.05 bits per heavy atom. The van der Waals surface area contributed by atoms with E-state index >= 15 is 0 Å². The summed E-state index contributed by atoms with van der Waals surface area (Å²) in [5.41, 5.74) is 3.09. The van der Waals surface area contributed by atoms with Crippen LogP contribution in [0.25, 0.3) is 10.2 Å². The van der Waals surface area contributed by atoms with Gasteiger partial charge in [0.15, 0.2) is 0 Å². The summed E-state index contributed by atoms with van der Waals surface area (Å²) in [6.45, 7) is 3.58. The van der Waals surface area contributed by atoms with Crippen LogP contribution in [0.15, 0.2) is 47.8 Å². The lowest BCUT2D eigenvalue weighted by Crippen LogP contribution is -2.26. The van der Waals surface area contributed by atoms with Crippen molar-refractivity contribution in [2.75, 3.05) is 6.54 Å². The molecule has 3 rings (SSSR count). The highest BCUT2D eigenvalue weighted by Gasteiger charge is 2.16. The second kappa shape index (κ2) is 6.79. The van der Waals surface area contributed by atoms with Gasteiger partial charge in [0.1, 0.15) is 5.69 Å². The molecule has 0 atom stereocenters. The number of fused-ring (bicyclic) bond motifs is 1. The zero-order valence-corrected chi connectivity index (χ0v) is 13.5. The van der Waals surface area contributed by atoms with Crippen molar-refractivity contribution < 1.29 is 4.79 Å². The highest BCUT2D eigenvalue weighted by atomic mass is 32.1. The van der Waals surface area contributed by atoms with Gasteiger partial charge in [-0.15, -0.1) is 11.3 Å². The number of carbonyl (C=O) groups is 1. The smallest absolute Gasteiger partial charge is 0.267 e. The summed E-state index contributed by atoms with van der Waals surface area (Å²) < 4.78 is 3.28. The number of unbranched alkanes of at least 4 members (excludes halogenated alkanes) is 1. The van der Waals surface area contributed by atoms with Crippen molar-refractivity contribution >= 4 is 27.5 Å². The molecular weight excluding hydrogens is 292 g/mol. The van der Waals surface area contributed by atoms with Gasteiger partial charge in [0.25, 0.3) is 5.91 Å². The third kappa shape index (κ3) is 3.07. The molecule has 1 amide bonds. The Balaban J connectivity index is 1.90. The van der Waals surface area contributed by atoms with Crippen molar-refractivity contribution in [3.63, 3.8) is 0 Å². The summed E-state index contributed by atoms with van der Waals surface area (Å²) >= 11 is 1.68. The standard InChI is InChI=1S/C18H20N2OS/c1-2-3-10-19-18(21)16-12-17-15(9-11-22-17)20(16)13-14-7-5-4-6-8-14/h4-9,11-12H,2-3,10,13H2,1H3,(H,19,21). The quantitative estimate of drug-likeness (QED) is 0.677. The molecule has 0 radical (unpaired) electrons. The van der Waals surface area contributed by atoms with Crippen LogP contribution in [0.3, 0.4) is 0 Å². The first-order valence-electron chi connectivity index (χ1n) is 7.68. The van der Waals surface area contributed by atoms with E-state index in [1.54, 1.807) is 11.3 Å². The lowest BCUT2D eigenvalue weighted by Gasteiger charge is -2.11. The minimum Gasteiger partial charge on any atom is -0.351 e. The molecule has 0 spiro atoms. The van der Waals surface area contributed by atoms with Gasteiger partial charge in [-0.3, -0.25) is 4.79 Å². The van der Waals surface area contributed by atoms with E-state index in [9.17, 15) is 4.79 Å². The number of benzene rings is 1. The number of amides is 1. The van der Waals surface area contributed by atoms with Gasteiger partial charge in [0, 0.05) is 13.1 Å². The second-order valence-corrected chi connectivity index (χ2v) is 6.33. The minimum atomic E-state index is 0.0211. The van der Waals surface area contributed by atoms with Crippen molar-refractivity contribution in [2.45, 2.75) is 26.3 Å². The maximum Gasteiger partial charge on any atom is 0.267 e. The Morgan fingerprint density at radius 3 is 2.82 bits per heavy atom. The zero-order valence-electron chi connectivity index (χ0n) is 12.7. The lowest BCUT2D eigenvalue weighted by molar-refractivity contribution is 0.0945. The monoisotopic (exact) mass is 312 g/mol. The average Bonchev–Trinajstić information content (AvgIpc) is 3.11. The molecule has 0 fully saturated rings. The number of thiophene rings is 1. The van der Waals surface area contributed by atoms with Crippen LogP contribution in [-0.2, 0) is 6.54 Å². The Morgan fingerprint density at radius 1 is 1.23 bits per heavy atom. The number of nitrogens with zero attached hydrogens (tertiary/aromatic N) is 1. The summed E-state index contributed by atoms with van der Waals surface area (Å²) in [7, 11) is 0. The van der Waals surface area contributed by atoms with E-state index in [-0.39, 0.29) is 5.91 Å². The molecule has 114 valence electrons. The molecule has 0 saturated carbocycles. The van der Waals surface area contributed by atoms with Gasteiger partial charge in [-0.2, -0.15) is 0 Å². The Kier molecular flexibility index (Phi) is 4.59. The molecule has 2 aromatic heterocycles. The maximum atomic E-state index is 12.5. The van der Waals surface area contributed by atoms with Crippen LogP contribution in [-0.4, -0.2) is 17.0 Å². The van der Waals surface area contributed by atoms with E-state index in [2.05, 4.69) is 40.4 Å². The molecule has 0 aliphatic carbocycles. The summed E-state index contributed by atoms with van der Waals surface area (Å²) in [5.74, 6) is 0.0211. The molecule has 0 aliphatic rings. The average molecular weight is 312 g/mol. The largest absolute Gasteiger partial charge is 0.351 e. The summed E-state index contributed by atoms with van der Waals surface area (Å²) in [5, 5.41) is 5.10. The maximum absolute atomic E-state index is 12.5. The SMILES string of the molecule is CCCCNC(=O)c1cc2sccc2n1Cc1ccccc1. The van der Waals surface area contributed by atoms with Crippen LogP contribution in [0.1, 0.15) is 35.8 Å². The Hall–Kier alpha value is -2.07. The van der Waals surface area contributed by atoms with E-state index in [4.69, 9.17) is 0 Å². The minimum absolute atomic E-state index is 0.0211. The number of aromatic nitrogens is 1. The van der Waals surface area contributed by atoms with Crippen molar-refractivity contribution in [3.8, 4) is 0 Å². The fourth-order valence-corrected chi connectivity index (χ4v) is 3.39. The van der Waals surface area contributed by atoms with Gasteiger partial charge in [-0.05, 0) is 29.5 Å². The summed E-state index contributed by atoms with van der Waals surface area (Å²) in [4.78, 5) is 12.5. The first-order chi connectivity index (χ1) is 10.8. The predicted octanol–water partition coefficient (Wildman–Crippen LogP) is 4.28. The number of hydrogen-bond donors (Lipinski definition) is 1. The second-order valence-electron chi connectivity index (χ2n) is 5.38. The predicted molar refractivity (Wildman–Crippen MR) is 92.6 cm³/mol. The van der Waals surface area contributed by atoms with Crippen LogP contribution in [0.5, 0.6) is 0 Å². The van der Waals surface area contributed by atoms with Crippen molar-refractivity contribution in [1.82, 2.24) is 9.88 Å². The van der Waals surface area contributed by atoms with Crippen LogP contribution in [0.2, 0.25) is 0 Å². The molecule has 3 aromatic rings. The normalized spacial score (nSPS) is 11.0. The first-order valence-corrected chi connectivity index (χ1v) is 8.56. The van der Waals surface area contributed by atoms with Gasteiger partial charge in [0.05, 0.1) is 10.2 Å². The van der Waals surface area contributed by atoms with Crippen molar-refractivity contribution in [3.05, 3.63) is 59.1 Å². The molecule has 3 nitrogen and oxygen atoms in total. The van der Waals surface area contributed by atoms with E-state index in [1.807, 2.05) is 24.3 Å². The van der Waals surface area contributed by atoms with E-state index in [1.165, 1.54) is 5.56 Å². The van der Waals surface area contributed by atoms with E-state index in [0.717, 1.165) is 41.8 Å². The first kappa shape index (κ1) is 14.9. The van der Waals surface area contributed by atoms with Gasteiger partial charge in [-0.25, -0.2) is 0 Å². The van der Waals surface area contributed by atoms with Gasteiger partial charge in [0.2, 0.25) is 0 Å². The fourth-order valence-electron chi connectivity index (χ4n) is 2.57. The van der Waals surface area contributed by atoms with Crippen molar-refractivity contribution in [1.29, 1.82) is 0 Å². The highest BCUT2D eigenvalue weighted by Crippen LogP contribution is 2.26. The Bertz CT molecular complexity index is 758. The molecule has 22 heavy (non-hydrogen) atoms. The molecule has 0 bridgehead atoms. The number of hydrogen-bond acceptors (Lipinski definition) is 2. The van der Waals surface area contributed by atoms with Crippen LogP contribution < -0.4 is 5.32 Å². The molecular formula is C18H20N2OS. The molecule has 0 saturated heterocycles.